The Balaban J connectivity index is 1.76. The topological polar surface area (TPSA) is 46.2 Å². The largest absolute Gasteiger partial charge is 0.325 e. The quantitative estimate of drug-likeness (QED) is 0.738. The Morgan fingerprint density at radius 3 is 2.48 bits per heavy atom. The van der Waals surface area contributed by atoms with Gasteiger partial charge in [0.05, 0.1) is 5.41 Å². The zero-order valence-electron chi connectivity index (χ0n) is 14.7. The minimum absolute atomic E-state index is 0.00542. The molecule has 5 rings (SSSR count). The lowest BCUT2D eigenvalue weighted by Gasteiger charge is -2.46. The number of fused-ring (bicyclic) bond motifs is 2. The van der Waals surface area contributed by atoms with Crippen LogP contribution < -0.4 is 5.32 Å². The van der Waals surface area contributed by atoms with E-state index in [9.17, 15) is 9.59 Å². The number of Topliss-reactive ketones (excluding diaryl/α,β-unsaturated/α-hetero) is 1. The van der Waals surface area contributed by atoms with Crippen molar-refractivity contribution in [2.45, 2.75) is 37.0 Å². The average Bonchev–Trinajstić information content (AvgIpc) is 3.42. The van der Waals surface area contributed by atoms with Gasteiger partial charge in [0, 0.05) is 34.5 Å². The second-order valence-corrected chi connectivity index (χ2v) is 8.88. The van der Waals surface area contributed by atoms with Gasteiger partial charge in [-0.25, -0.2) is 0 Å². The molecule has 2 fully saturated rings. The van der Waals surface area contributed by atoms with Gasteiger partial charge in [0.15, 0.2) is 0 Å². The first-order valence-corrected chi connectivity index (χ1v) is 10.1. The highest BCUT2D eigenvalue weighted by Crippen LogP contribution is 2.62. The molecule has 3 atom stereocenters. The molecule has 0 saturated heterocycles. The smallest absolute Gasteiger partial charge is 0.236 e. The predicted molar refractivity (Wildman–Crippen MR) is 106 cm³/mol. The molecule has 2 aliphatic carbocycles. The van der Waals surface area contributed by atoms with Gasteiger partial charge < -0.3 is 5.32 Å². The summed E-state index contributed by atoms with van der Waals surface area (Å²) >= 11 is 12.4. The summed E-state index contributed by atoms with van der Waals surface area (Å²) in [6, 6.07) is 13.2. The van der Waals surface area contributed by atoms with Crippen LogP contribution in [-0.2, 0) is 15.0 Å². The van der Waals surface area contributed by atoms with Crippen LogP contribution in [-0.4, -0.2) is 11.7 Å². The van der Waals surface area contributed by atoms with E-state index in [0.29, 0.717) is 28.8 Å². The molecule has 3 aliphatic rings. The Morgan fingerprint density at radius 1 is 0.963 bits per heavy atom. The van der Waals surface area contributed by atoms with Gasteiger partial charge in [-0.3, -0.25) is 9.59 Å². The average molecular weight is 400 g/mol. The van der Waals surface area contributed by atoms with Gasteiger partial charge in [-0.2, -0.15) is 0 Å². The van der Waals surface area contributed by atoms with Crippen molar-refractivity contribution < 1.29 is 9.59 Å². The van der Waals surface area contributed by atoms with Crippen molar-refractivity contribution in [1.82, 2.24) is 0 Å². The number of amides is 1. The first-order valence-electron chi connectivity index (χ1n) is 9.39. The molecule has 1 aliphatic heterocycles. The van der Waals surface area contributed by atoms with Gasteiger partial charge >= 0.3 is 0 Å². The van der Waals surface area contributed by atoms with E-state index in [-0.39, 0.29) is 23.5 Å². The highest BCUT2D eigenvalue weighted by atomic mass is 35.5. The Morgan fingerprint density at radius 2 is 1.74 bits per heavy atom. The Labute approximate surface area is 168 Å². The highest BCUT2D eigenvalue weighted by molar-refractivity contribution is 6.31. The summed E-state index contributed by atoms with van der Waals surface area (Å²) in [4.78, 5) is 26.2. The summed E-state index contributed by atoms with van der Waals surface area (Å²) in [5.74, 6) is 0.450. The Hall–Kier alpha value is -1.84. The molecule has 2 aromatic carbocycles. The molecule has 27 heavy (non-hydrogen) atoms. The second kappa shape index (κ2) is 6.08. The van der Waals surface area contributed by atoms with Crippen molar-refractivity contribution in [3.05, 3.63) is 63.6 Å². The molecule has 1 heterocycles. The molecule has 0 aromatic heterocycles. The summed E-state index contributed by atoms with van der Waals surface area (Å²) in [6.45, 7) is 0. The predicted octanol–water partition coefficient (Wildman–Crippen LogP) is 5.36. The summed E-state index contributed by atoms with van der Waals surface area (Å²) in [6.07, 6.45) is 2.99. The number of nitrogens with one attached hydrogen (secondary N) is 1. The maximum atomic E-state index is 13.5. The number of hydrogen-bond donors (Lipinski definition) is 1. The van der Waals surface area contributed by atoms with Gasteiger partial charge in [-0.1, -0.05) is 41.4 Å². The van der Waals surface area contributed by atoms with E-state index < -0.39 is 5.41 Å². The van der Waals surface area contributed by atoms with Gasteiger partial charge in [0.25, 0.3) is 0 Å². The molecule has 2 saturated carbocycles. The van der Waals surface area contributed by atoms with Crippen LogP contribution in [0.3, 0.4) is 0 Å². The zero-order valence-corrected chi connectivity index (χ0v) is 16.2. The molecule has 0 radical (unpaired) electrons. The van der Waals surface area contributed by atoms with Gasteiger partial charge in [0.1, 0.15) is 5.78 Å². The fourth-order valence-corrected chi connectivity index (χ4v) is 5.69. The molecule has 1 amide bonds. The van der Waals surface area contributed by atoms with Crippen LogP contribution in [0.2, 0.25) is 10.0 Å². The first-order chi connectivity index (χ1) is 13.0. The summed E-state index contributed by atoms with van der Waals surface area (Å²) in [5, 5.41) is 4.29. The van der Waals surface area contributed by atoms with E-state index in [4.69, 9.17) is 23.2 Å². The van der Waals surface area contributed by atoms with Crippen LogP contribution in [0.15, 0.2) is 42.5 Å². The molecule has 1 spiro atoms. The lowest BCUT2D eigenvalue weighted by molar-refractivity contribution is -0.131. The fourth-order valence-electron chi connectivity index (χ4n) is 5.32. The molecule has 1 N–H and O–H groups in total. The third kappa shape index (κ3) is 2.55. The second-order valence-electron chi connectivity index (χ2n) is 8.01. The van der Waals surface area contributed by atoms with Crippen LogP contribution in [0.5, 0.6) is 0 Å². The first kappa shape index (κ1) is 17.3. The van der Waals surface area contributed by atoms with Crippen molar-refractivity contribution in [3.63, 3.8) is 0 Å². The van der Waals surface area contributed by atoms with Crippen molar-refractivity contribution in [3.8, 4) is 0 Å². The molecule has 2 aromatic rings. The van der Waals surface area contributed by atoms with Crippen molar-refractivity contribution >= 4 is 40.6 Å². The summed E-state index contributed by atoms with van der Waals surface area (Å²) < 4.78 is 0. The summed E-state index contributed by atoms with van der Waals surface area (Å²) in [5.41, 5.74) is 1.98. The zero-order chi connectivity index (χ0) is 18.8. The third-order valence-electron chi connectivity index (χ3n) is 6.51. The summed E-state index contributed by atoms with van der Waals surface area (Å²) in [7, 11) is 0. The number of ketones is 1. The van der Waals surface area contributed by atoms with Gasteiger partial charge in [-0.15, -0.1) is 0 Å². The van der Waals surface area contributed by atoms with Gasteiger partial charge in [-0.05, 0) is 60.1 Å². The third-order valence-corrected chi connectivity index (χ3v) is 6.98. The van der Waals surface area contributed by atoms with Crippen LogP contribution in [0, 0.1) is 11.8 Å². The molecular weight excluding hydrogens is 381 g/mol. The normalized spacial score (nSPS) is 29.7. The molecule has 5 heteroatoms. The van der Waals surface area contributed by atoms with E-state index >= 15 is 0 Å². The van der Waals surface area contributed by atoms with Crippen molar-refractivity contribution in [2.24, 2.45) is 11.8 Å². The van der Waals surface area contributed by atoms with E-state index in [1.807, 2.05) is 42.5 Å². The van der Waals surface area contributed by atoms with E-state index in [2.05, 4.69) is 5.32 Å². The number of halogens is 2. The SMILES string of the molecule is O=C1C[C@H](C2CC2)[C@@]2(C(=O)Nc3cc(Cl)ccc32)[C@H](c2cccc(Cl)c2)C1. The van der Waals surface area contributed by atoms with Crippen LogP contribution >= 0.6 is 23.2 Å². The fraction of sp³-hybridized carbons (Fsp3) is 0.364. The standard InChI is InChI=1S/C22H19Cl2NO2/c23-14-3-1-2-13(8-14)19-11-16(26)10-18(12-4-5-12)22(19)17-7-6-15(24)9-20(17)25-21(22)27/h1-3,6-9,12,18-19H,4-5,10-11H2,(H,25,27)/t18-,19+,22-/m1/s1. The Kier molecular flexibility index (Phi) is 3.89. The molecule has 0 unspecified atom stereocenters. The number of hydrogen-bond acceptors (Lipinski definition) is 2. The Bertz CT molecular complexity index is 969. The maximum Gasteiger partial charge on any atom is 0.236 e. The number of carbonyl (C=O) groups excluding carboxylic acids is 2. The number of carbonyl (C=O) groups is 2. The number of benzene rings is 2. The molecule has 3 nitrogen and oxygen atoms in total. The minimum Gasteiger partial charge on any atom is -0.325 e. The van der Waals surface area contributed by atoms with E-state index in [1.165, 1.54) is 0 Å². The van der Waals surface area contributed by atoms with Crippen molar-refractivity contribution in [2.75, 3.05) is 5.32 Å². The maximum absolute atomic E-state index is 13.5. The molecule has 138 valence electrons. The molecule has 0 bridgehead atoms. The lowest BCUT2D eigenvalue weighted by atomic mass is 9.54. The minimum atomic E-state index is -0.736. The number of rotatable bonds is 2. The highest BCUT2D eigenvalue weighted by Gasteiger charge is 2.63. The van der Waals surface area contributed by atoms with Crippen LogP contribution in [0.1, 0.15) is 42.7 Å². The van der Waals surface area contributed by atoms with Gasteiger partial charge in [0.2, 0.25) is 5.91 Å². The lowest BCUT2D eigenvalue weighted by Crippen LogP contribution is -2.52. The molecular formula is C22H19Cl2NO2. The van der Waals surface area contributed by atoms with E-state index in [1.54, 1.807) is 0 Å². The monoisotopic (exact) mass is 399 g/mol. The number of anilines is 1. The van der Waals surface area contributed by atoms with Crippen molar-refractivity contribution in [1.29, 1.82) is 0 Å². The van der Waals surface area contributed by atoms with E-state index in [0.717, 1.165) is 29.7 Å². The van der Waals surface area contributed by atoms with Crippen LogP contribution in [0.25, 0.3) is 0 Å². The van der Waals surface area contributed by atoms with Crippen LogP contribution in [0.4, 0.5) is 5.69 Å².